The summed E-state index contributed by atoms with van der Waals surface area (Å²) in [4.78, 5) is 23.6. The predicted octanol–water partition coefficient (Wildman–Crippen LogP) is 2.90. The molecular formula is C23H32NNaO6S. The summed E-state index contributed by atoms with van der Waals surface area (Å²) in [6.07, 6.45) is 4.22. The molecule has 172 valence electrons. The summed E-state index contributed by atoms with van der Waals surface area (Å²) in [6.45, 7) is 11.7. The van der Waals surface area contributed by atoms with Crippen LogP contribution in [0.3, 0.4) is 0 Å². The Morgan fingerprint density at radius 2 is 1.78 bits per heavy atom. The Morgan fingerprint density at radius 3 is 2.28 bits per heavy atom. The molecule has 4 unspecified atom stereocenters. The molecule has 1 aromatic rings. The van der Waals surface area contributed by atoms with Gasteiger partial charge in [0.05, 0.1) is 17.4 Å². The van der Waals surface area contributed by atoms with Gasteiger partial charge in [-0.3, -0.25) is 9.35 Å². The first kappa shape index (κ1) is 30.3. The second-order valence-corrected chi connectivity index (χ2v) is 9.13. The van der Waals surface area contributed by atoms with Crippen LogP contribution in [0, 0.1) is 5.92 Å². The van der Waals surface area contributed by atoms with E-state index in [1.54, 1.807) is 26.0 Å². The number of ether oxygens (including phenoxy) is 1. The summed E-state index contributed by atoms with van der Waals surface area (Å²) in [6, 6.07) is 8.62. The summed E-state index contributed by atoms with van der Waals surface area (Å²) < 4.78 is 39.3. The third kappa shape index (κ3) is 10.7. The van der Waals surface area contributed by atoms with Gasteiger partial charge in [0.25, 0.3) is 10.1 Å². The van der Waals surface area contributed by atoms with Crippen molar-refractivity contribution < 1.29 is 27.3 Å². The molecule has 2 N–H and O–H groups in total. The van der Waals surface area contributed by atoms with Crippen LogP contribution in [-0.4, -0.2) is 71.8 Å². The number of esters is 1. The molecule has 0 saturated carbocycles. The molecule has 4 atom stereocenters. The summed E-state index contributed by atoms with van der Waals surface area (Å²) in [5.74, 6) is -1.71. The zero-order chi connectivity index (χ0) is 23.6. The SMILES string of the molecule is C=CC(=O)NC(C=Cc1ccccc1)C(C)C(CCC(C)OC(=O)C(=C)C)S(=O)(=O)O.[NaH]. The van der Waals surface area contributed by atoms with Gasteiger partial charge in [0, 0.05) is 5.57 Å². The van der Waals surface area contributed by atoms with Crippen molar-refractivity contribution in [2.24, 2.45) is 5.92 Å². The van der Waals surface area contributed by atoms with E-state index in [2.05, 4.69) is 18.5 Å². The van der Waals surface area contributed by atoms with E-state index in [1.807, 2.05) is 30.3 Å². The van der Waals surface area contributed by atoms with Gasteiger partial charge in [-0.2, -0.15) is 8.42 Å². The number of benzene rings is 1. The number of hydrogen-bond acceptors (Lipinski definition) is 5. The second-order valence-electron chi connectivity index (χ2n) is 7.49. The number of hydrogen-bond donors (Lipinski definition) is 2. The van der Waals surface area contributed by atoms with Crippen LogP contribution in [0.15, 0.2) is 61.2 Å². The predicted molar refractivity (Wildman–Crippen MR) is 129 cm³/mol. The van der Waals surface area contributed by atoms with Gasteiger partial charge >= 0.3 is 35.5 Å². The summed E-state index contributed by atoms with van der Waals surface area (Å²) in [5, 5.41) is 1.52. The zero-order valence-corrected chi connectivity index (χ0v) is 19.0. The van der Waals surface area contributed by atoms with Crippen LogP contribution in [0.4, 0.5) is 0 Å². The minimum absolute atomic E-state index is 0. The van der Waals surface area contributed by atoms with E-state index in [1.165, 1.54) is 6.92 Å². The van der Waals surface area contributed by atoms with E-state index >= 15 is 0 Å². The van der Waals surface area contributed by atoms with Crippen LogP contribution >= 0.6 is 0 Å². The Labute approximate surface area is 213 Å². The standard InChI is InChI=1S/C23H31NO6S.Na.H/c1-6-22(25)24-20(14-13-19-10-8-7-9-11-19)18(5)21(31(27,28)29)15-12-17(4)30-23(26)16(2)3;;/h6-11,13-14,17-18,20-21H,1-2,12,15H2,3-5H3,(H,24,25)(H,27,28,29);;. The van der Waals surface area contributed by atoms with Crippen molar-refractivity contribution in [3.8, 4) is 0 Å². The van der Waals surface area contributed by atoms with Crippen molar-refractivity contribution >= 4 is 57.6 Å². The normalized spacial score (nSPS) is 15.0. The van der Waals surface area contributed by atoms with Crippen LogP contribution < -0.4 is 5.32 Å². The molecule has 0 saturated heterocycles. The first-order valence-electron chi connectivity index (χ1n) is 9.94. The second kappa shape index (κ2) is 14.4. The summed E-state index contributed by atoms with van der Waals surface area (Å²) >= 11 is 0. The fraction of sp³-hybridized carbons (Fsp3) is 0.391. The average molecular weight is 474 g/mol. The van der Waals surface area contributed by atoms with Crippen LogP contribution in [0.1, 0.15) is 39.2 Å². The number of nitrogens with one attached hydrogen (secondary N) is 1. The van der Waals surface area contributed by atoms with E-state index in [0.29, 0.717) is 0 Å². The van der Waals surface area contributed by atoms with Crippen LogP contribution in [0.5, 0.6) is 0 Å². The van der Waals surface area contributed by atoms with E-state index in [0.717, 1.165) is 11.6 Å². The molecule has 9 heteroatoms. The van der Waals surface area contributed by atoms with Crippen LogP contribution in [-0.2, 0) is 24.4 Å². The van der Waals surface area contributed by atoms with E-state index in [9.17, 15) is 22.6 Å². The van der Waals surface area contributed by atoms with Gasteiger partial charge in [-0.15, -0.1) is 0 Å². The zero-order valence-electron chi connectivity index (χ0n) is 18.2. The molecule has 1 amide bonds. The van der Waals surface area contributed by atoms with Gasteiger partial charge in [0.1, 0.15) is 0 Å². The molecule has 0 aliphatic carbocycles. The van der Waals surface area contributed by atoms with Gasteiger partial charge in [-0.05, 0) is 44.2 Å². The Balaban J connectivity index is 0.00000961. The van der Waals surface area contributed by atoms with Gasteiger partial charge in [-0.1, -0.05) is 62.6 Å². The third-order valence-electron chi connectivity index (χ3n) is 4.84. The van der Waals surface area contributed by atoms with Crippen LogP contribution in [0.2, 0.25) is 0 Å². The molecular weight excluding hydrogens is 441 g/mol. The molecule has 0 aliphatic rings. The fourth-order valence-corrected chi connectivity index (χ4v) is 4.16. The van der Waals surface area contributed by atoms with Crippen molar-refractivity contribution in [2.75, 3.05) is 0 Å². The first-order chi connectivity index (χ1) is 14.5. The first-order valence-corrected chi connectivity index (χ1v) is 11.4. The summed E-state index contributed by atoms with van der Waals surface area (Å²) in [7, 11) is -4.44. The quantitative estimate of drug-likeness (QED) is 0.209. The molecule has 0 spiro atoms. The van der Waals surface area contributed by atoms with Crippen molar-refractivity contribution in [1.29, 1.82) is 0 Å². The van der Waals surface area contributed by atoms with Gasteiger partial charge in [-0.25, -0.2) is 4.79 Å². The Hall–Kier alpha value is -1.71. The van der Waals surface area contributed by atoms with Crippen molar-refractivity contribution in [2.45, 2.75) is 51.0 Å². The summed E-state index contributed by atoms with van der Waals surface area (Å²) in [5.41, 5.74) is 1.11. The van der Waals surface area contributed by atoms with Gasteiger partial charge < -0.3 is 10.1 Å². The Morgan fingerprint density at radius 1 is 1.19 bits per heavy atom. The molecule has 0 heterocycles. The fourth-order valence-electron chi connectivity index (χ4n) is 3.01. The van der Waals surface area contributed by atoms with Crippen molar-refractivity contribution in [3.05, 3.63) is 66.8 Å². The Bertz CT molecular complexity index is 914. The molecule has 32 heavy (non-hydrogen) atoms. The number of carbonyl (C=O) groups is 2. The minimum atomic E-state index is -4.44. The Kier molecular flexibility index (Phi) is 13.7. The topological polar surface area (TPSA) is 110 Å². The molecule has 7 nitrogen and oxygen atoms in total. The molecule has 0 fully saturated rings. The molecule has 0 aromatic heterocycles. The molecule has 0 bridgehead atoms. The maximum absolute atomic E-state index is 12.1. The molecule has 1 aromatic carbocycles. The third-order valence-corrected chi connectivity index (χ3v) is 6.27. The van der Waals surface area contributed by atoms with Crippen molar-refractivity contribution in [3.63, 3.8) is 0 Å². The number of carbonyl (C=O) groups excluding carboxylic acids is 2. The van der Waals surface area contributed by atoms with E-state index in [-0.39, 0.29) is 48.0 Å². The average Bonchev–Trinajstić information content (AvgIpc) is 2.70. The van der Waals surface area contributed by atoms with Gasteiger partial charge in [0.2, 0.25) is 5.91 Å². The number of amides is 1. The van der Waals surface area contributed by atoms with E-state index < -0.39 is 45.3 Å². The number of rotatable bonds is 12. The maximum atomic E-state index is 12.1. The van der Waals surface area contributed by atoms with Crippen LogP contribution in [0.25, 0.3) is 6.08 Å². The monoisotopic (exact) mass is 473 g/mol. The molecule has 0 aliphatic heterocycles. The van der Waals surface area contributed by atoms with Gasteiger partial charge in [0.15, 0.2) is 0 Å². The van der Waals surface area contributed by atoms with Crippen molar-refractivity contribution in [1.82, 2.24) is 5.32 Å². The molecule has 1 rings (SSSR count). The van der Waals surface area contributed by atoms with E-state index in [4.69, 9.17) is 4.74 Å². The molecule has 0 radical (unpaired) electrons.